The molecule has 3 amide bonds. The Hall–Kier alpha value is -6.56. The van der Waals surface area contributed by atoms with Crippen LogP contribution in [-0.2, 0) is 42.4 Å². The Kier molecular flexibility index (Phi) is 15.8. The molecule has 0 spiro atoms. The van der Waals surface area contributed by atoms with Crippen molar-refractivity contribution in [2.75, 3.05) is 38.0 Å². The van der Waals surface area contributed by atoms with E-state index >= 15 is 8.78 Å². The molecule has 3 fully saturated rings. The topological polar surface area (TPSA) is 219 Å². The fourth-order valence-corrected chi connectivity index (χ4v) is 11.9. The Labute approximate surface area is 442 Å². The number of β-amino-alcohol motifs (C(OH)–C–C–N with tert-alkyl or cyclic N) is 1. The third-order valence-corrected chi connectivity index (χ3v) is 16.8. The summed E-state index contributed by atoms with van der Waals surface area (Å²) in [6.07, 6.45) is 1.86. The summed E-state index contributed by atoms with van der Waals surface area (Å²) in [6.45, 7) is 7.45. The first-order valence-corrected chi connectivity index (χ1v) is 27.3. The van der Waals surface area contributed by atoms with E-state index in [-0.39, 0.29) is 62.4 Å². The van der Waals surface area contributed by atoms with Gasteiger partial charge in [-0.15, -0.1) is 11.3 Å². The summed E-state index contributed by atoms with van der Waals surface area (Å²) in [5, 5.41) is 16.7. The number of alkyl halides is 1. The summed E-state index contributed by atoms with van der Waals surface area (Å²) < 4.78 is 79.2. The number of nitrogens with one attached hydrogen (secondary N) is 4. The highest BCUT2D eigenvalue weighted by Crippen LogP contribution is 2.34. The third kappa shape index (κ3) is 11.9. The normalized spacial score (nSPS) is 20.4. The number of pyridine rings is 1. The minimum Gasteiger partial charge on any atom is -0.391 e. The molecule has 1 aliphatic carbocycles. The number of amides is 3. The predicted molar refractivity (Wildman–Crippen MR) is 281 cm³/mol. The fourth-order valence-electron chi connectivity index (χ4n) is 9.86. The van der Waals surface area contributed by atoms with Crippen molar-refractivity contribution in [3.8, 4) is 21.6 Å². The van der Waals surface area contributed by atoms with Gasteiger partial charge in [0.15, 0.2) is 5.82 Å². The van der Waals surface area contributed by atoms with Crippen LogP contribution in [0.5, 0.6) is 0 Å². The van der Waals surface area contributed by atoms with E-state index in [0.29, 0.717) is 30.3 Å². The molecule has 402 valence electrons. The van der Waals surface area contributed by atoms with Crippen molar-refractivity contribution in [1.82, 2.24) is 39.7 Å². The SMILES string of the molecule is Cc1ncsc1-c1ccc(CNC(=O)[C@@H]2C[C@@H](O)CN2C(=O)[C@@H](NC(=O)CO[C@H]2C[C@H](N(C)Cc3ccc(-c4cnc5[nH]cc(C(=O)c6c(F)ccc(NS(=O)(=O)N7CC[C@@H](F)C7)c6F)c5c4)cc3)C2)C(C)(C)C)cc1. The number of benzene rings is 3. The van der Waals surface area contributed by atoms with E-state index in [1.165, 1.54) is 11.1 Å². The number of H-pyrrole nitrogens is 1. The van der Waals surface area contributed by atoms with Crippen LogP contribution in [0.15, 0.2) is 84.6 Å². The molecule has 5 heterocycles. The predicted octanol–water partition coefficient (Wildman–Crippen LogP) is 6.66. The number of hydrogen-bond donors (Lipinski definition) is 5. The van der Waals surface area contributed by atoms with Gasteiger partial charge in [0.05, 0.1) is 39.5 Å². The molecule has 3 aromatic carbocycles. The van der Waals surface area contributed by atoms with Gasteiger partial charge in [-0.2, -0.15) is 12.7 Å². The molecule has 0 bridgehead atoms. The highest BCUT2D eigenvalue weighted by molar-refractivity contribution is 7.90. The van der Waals surface area contributed by atoms with Gasteiger partial charge in [0.2, 0.25) is 23.5 Å². The monoisotopic (exact) mass is 1080 g/mol. The van der Waals surface area contributed by atoms with Gasteiger partial charge in [-0.25, -0.2) is 23.1 Å². The van der Waals surface area contributed by atoms with Crippen LogP contribution in [0.4, 0.5) is 18.9 Å². The number of halogens is 3. The van der Waals surface area contributed by atoms with Crippen LogP contribution in [-0.4, -0.2) is 136 Å². The lowest BCUT2D eigenvalue weighted by molar-refractivity contribution is -0.145. The number of carbonyl (C=O) groups excluding carboxylic acids is 4. The van der Waals surface area contributed by atoms with E-state index < -0.39 is 92.9 Å². The number of carbonyl (C=O) groups is 4. The lowest BCUT2D eigenvalue weighted by atomic mass is 9.85. The van der Waals surface area contributed by atoms with E-state index in [1.54, 1.807) is 29.1 Å². The van der Waals surface area contributed by atoms with Crippen molar-refractivity contribution in [3.63, 3.8) is 0 Å². The van der Waals surface area contributed by atoms with Crippen molar-refractivity contribution in [2.24, 2.45) is 5.41 Å². The molecule has 3 aliphatic rings. The van der Waals surface area contributed by atoms with Gasteiger partial charge < -0.3 is 30.4 Å². The molecule has 9 rings (SSSR count). The van der Waals surface area contributed by atoms with E-state index in [1.807, 2.05) is 88.0 Å². The number of likely N-dealkylation sites (tertiary alicyclic amines) is 1. The lowest BCUT2D eigenvalue weighted by Crippen LogP contribution is -2.58. The zero-order valence-electron chi connectivity index (χ0n) is 42.6. The molecule has 1 saturated carbocycles. The number of nitrogens with zero attached hydrogens (tertiary/aromatic N) is 5. The van der Waals surface area contributed by atoms with Crippen molar-refractivity contribution in [3.05, 3.63) is 124 Å². The number of anilines is 1. The number of ether oxygens (including phenoxy) is 1. The molecule has 76 heavy (non-hydrogen) atoms. The van der Waals surface area contributed by atoms with Gasteiger partial charge in [-0.05, 0) is 79.1 Å². The maximum atomic E-state index is 15.8. The van der Waals surface area contributed by atoms with Crippen LogP contribution in [0.2, 0.25) is 0 Å². The molecular formula is C54H60F3N9O8S2. The number of aliphatic hydroxyl groups excluding tert-OH is 1. The number of aliphatic hydroxyl groups is 1. The quantitative estimate of drug-likeness (QED) is 0.0574. The Bertz CT molecular complexity index is 3250. The number of thiazole rings is 1. The molecule has 17 nitrogen and oxygen atoms in total. The summed E-state index contributed by atoms with van der Waals surface area (Å²) in [4.78, 5) is 71.0. The van der Waals surface area contributed by atoms with Gasteiger partial charge in [0.25, 0.3) is 0 Å². The Balaban J connectivity index is 0.751. The van der Waals surface area contributed by atoms with Crippen molar-refractivity contribution >= 4 is 61.8 Å². The number of rotatable bonds is 18. The van der Waals surface area contributed by atoms with Gasteiger partial charge in [-0.3, -0.25) is 28.8 Å². The molecule has 4 atom stereocenters. The summed E-state index contributed by atoms with van der Waals surface area (Å²) >= 11 is 1.56. The van der Waals surface area contributed by atoms with E-state index in [4.69, 9.17) is 4.74 Å². The number of aromatic nitrogens is 3. The number of aromatic amines is 1. The smallest absolute Gasteiger partial charge is 0.301 e. The minimum atomic E-state index is -4.38. The van der Waals surface area contributed by atoms with E-state index in [0.717, 1.165) is 49.3 Å². The van der Waals surface area contributed by atoms with Crippen LogP contribution >= 0.6 is 11.3 Å². The number of hydrogen-bond acceptors (Lipinski definition) is 12. The first kappa shape index (κ1) is 54.2. The van der Waals surface area contributed by atoms with Crippen LogP contribution in [0.3, 0.4) is 0 Å². The molecule has 0 radical (unpaired) electrons. The zero-order chi connectivity index (χ0) is 54.2. The largest absolute Gasteiger partial charge is 0.391 e. The molecule has 0 unspecified atom stereocenters. The van der Waals surface area contributed by atoms with Crippen LogP contribution in [0.1, 0.15) is 79.2 Å². The van der Waals surface area contributed by atoms with Crippen molar-refractivity contribution in [1.29, 1.82) is 0 Å². The zero-order valence-corrected chi connectivity index (χ0v) is 44.2. The van der Waals surface area contributed by atoms with Gasteiger partial charge >= 0.3 is 10.2 Å². The number of ketones is 1. The summed E-state index contributed by atoms with van der Waals surface area (Å²) in [7, 11) is -2.38. The van der Waals surface area contributed by atoms with Crippen LogP contribution in [0.25, 0.3) is 32.6 Å². The first-order chi connectivity index (χ1) is 36.1. The lowest BCUT2D eigenvalue weighted by Gasteiger charge is -2.41. The molecule has 3 aromatic heterocycles. The van der Waals surface area contributed by atoms with Gasteiger partial charge in [0, 0.05) is 74.1 Å². The average molecular weight is 1080 g/mol. The second-order valence-electron chi connectivity index (χ2n) is 20.9. The summed E-state index contributed by atoms with van der Waals surface area (Å²) in [5.74, 6) is -4.96. The number of aryl methyl sites for hydroxylation is 1. The highest BCUT2D eigenvalue weighted by atomic mass is 32.2. The maximum absolute atomic E-state index is 15.8. The van der Waals surface area contributed by atoms with E-state index in [2.05, 4.69) is 30.5 Å². The minimum absolute atomic E-state index is 0.0135. The fraction of sp³-hybridized carbons (Fsp3) is 0.407. The number of fused-ring (bicyclic) bond motifs is 1. The molecule has 2 aliphatic heterocycles. The standard InChI is InChI=1S/C54H60F3N9O8S2/c1-30-49(75-29-61-30)34-12-6-31(7-13-34)22-60-52(70)44-21-38(67)27-66(44)53(71)50(54(2,3)4)62-45(68)28-74-39-19-37(20-39)64(5)25-32-8-10-33(11-9-32)35-18-40-41(24-59-51(40)58-23-35)48(69)46-42(56)14-15-43(47(46)57)63-76(72,73)65-17-16-36(55)26-65/h6-15,18,23-24,29,36-39,44,50,63,67H,16-17,19-22,25-28H2,1-5H3,(H,58,59)(H,60,70)(H,62,68)/t36-,37-,38-,39-,44+,50-/m1/s1. The van der Waals surface area contributed by atoms with E-state index in [9.17, 15) is 37.1 Å². The summed E-state index contributed by atoms with van der Waals surface area (Å²) in [6, 6.07) is 17.1. The van der Waals surface area contributed by atoms with Gasteiger partial charge in [-0.1, -0.05) is 69.3 Å². The third-order valence-electron chi connectivity index (χ3n) is 14.3. The Morgan fingerprint density at radius 3 is 2.34 bits per heavy atom. The summed E-state index contributed by atoms with van der Waals surface area (Å²) in [5.41, 5.74) is 4.91. The van der Waals surface area contributed by atoms with Crippen LogP contribution in [0, 0.1) is 24.0 Å². The first-order valence-electron chi connectivity index (χ1n) is 25.0. The second-order valence-corrected chi connectivity index (χ2v) is 23.4. The highest BCUT2D eigenvalue weighted by Gasteiger charge is 2.45. The average Bonchev–Trinajstić information content (AvgIpc) is 4.20. The molecule has 22 heteroatoms. The second kappa shape index (κ2) is 22.2. The van der Waals surface area contributed by atoms with Crippen LogP contribution < -0.4 is 15.4 Å². The maximum Gasteiger partial charge on any atom is 0.301 e. The molecule has 6 aromatic rings. The van der Waals surface area contributed by atoms with Gasteiger partial charge in [0.1, 0.15) is 36.3 Å². The van der Waals surface area contributed by atoms with Crippen molar-refractivity contribution < 1.29 is 50.6 Å². The Morgan fingerprint density at radius 2 is 1.67 bits per heavy atom. The molecule has 5 N–H and O–H groups in total. The molecule has 2 saturated heterocycles. The van der Waals surface area contributed by atoms with Crippen molar-refractivity contribution in [2.45, 2.75) is 103 Å². The molecular weight excluding hydrogens is 1020 g/mol. The Morgan fingerprint density at radius 1 is 0.961 bits per heavy atom.